The molecule has 1 aliphatic heterocycles. The fraction of sp³-hybridized carbons (Fsp3) is 0.364. The van der Waals surface area contributed by atoms with Crippen molar-refractivity contribution in [2.75, 3.05) is 11.5 Å². The Morgan fingerprint density at radius 2 is 2.19 bits per heavy atom. The molecule has 0 saturated carbocycles. The molecule has 0 aromatic heterocycles. The standard InChI is InChI=1S/C11H11F2NO2/c12-7-1-3-10(9(13)5-7)14-8(6-15)2-4-11(14)16/h1,3,5,8,15H,2,4,6H2. The van der Waals surface area contributed by atoms with Crippen LogP contribution in [-0.4, -0.2) is 23.7 Å². The number of nitrogens with zero attached hydrogens (tertiary/aromatic N) is 1. The number of carbonyl (C=O) groups is 1. The van der Waals surface area contributed by atoms with E-state index in [1.165, 1.54) is 11.0 Å². The highest BCUT2D eigenvalue weighted by atomic mass is 19.1. The Hall–Kier alpha value is -1.49. The Morgan fingerprint density at radius 1 is 1.44 bits per heavy atom. The molecule has 1 amide bonds. The summed E-state index contributed by atoms with van der Waals surface area (Å²) < 4.78 is 26.2. The van der Waals surface area contributed by atoms with Crippen LogP contribution < -0.4 is 4.90 Å². The number of hydrogen-bond donors (Lipinski definition) is 1. The molecule has 3 nitrogen and oxygen atoms in total. The first kappa shape index (κ1) is 11.0. The first-order valence-electron chi connectivity index (χ1n) is 5.01. The predicted octanol–water partition coefficient (Wildman–Crippen LogP) is 1.45. The number of carbonyl (C=O) groups excluding carboxylic acids is 1. The molecule has 5 heteroatoms. The molecular formula is C11H11F2NO2. The molecule has 1 saturated heterocycles. The van der Waals surface area contributed by atoms with E-state index < -0.39 is 17.7 Å². The van der Waals surface area contributed by atoms with Crippen LogP contribution in [-0.2, 0) is 4.79 Å². The molecule has 1 aliphatic rings. The molecule has 16 heavy (non-hydrogen) atoms. The Balaban J connectivity index is 2.38. The third kappa shape index (κ3) is 1.78. The van der Waals surface area contributed by atoms with Gasteiger partial charge in [0.15, 0.2) is 0 Å². The van der Waals surface area contributed by atoms with Crippen molar-refractivity contribution in [3.63, 3.8) is 0 Å². The lowest BCUT2D eigenvalue weighted by molar-refractivity contribution is -0.117. The highest BCUT2D eigenvalue weighted by Gasteiger charge is 2.33. The van der Waals surface area contributed by atoms with E-state index in [1.54, 1.807) is 0 Å². The van der Waals surface area contributed by atoms with Crippen LogP contribution in [0, 0.1) is 11.6 Å². The second-order valence-electron chi connectivity index (χ2n) is 3.73. The first-order valence-corrected chi connectivity index (χ1v) is 5.01. The molecule has 2 rings (SSSR count). The van der Waals surface area contributed by atoms with Crippen LogP contribution in [0.1, 0.15) is 12.8 Å². The summed E-state index contributed by atoms with van der Waals surface area (Å²) >= 11 is 0. The van der Waals surface area contributed by atoms with Gasteiger partial charge in [-0.2, -0.15) is 0 Å². The number of benzene rings is 1. The Kier molecular flexibility index (Phi) is 2.87. The van der Waals surface area contributed by atoms with Gasteiger partial charge in [-0.3, -0.25) is 4.79 Å². The molecule has 86 valence electrons. The average Bonchev–Trinajstić information content (AvgIpc) is 2.60. The summed E-state index contributed by atoms with van der Waals surface area (Å²) in [5.41, 5.74) is 0.0305. The average molecular weight is 227 g/mol. The number of aliphatic hydroxyl groups is 1. The molecule has 0 spiro atoms. The highest BCUT2D eigenvalue weighted by Crippen LogP contribution is 2.28. The number of amides is 1. The second-order valence-corrected chi connectivity index (χ2v) is 3.73. The topological polar surface area (TPSA) is 40.5 Å². The van der Waals surface area contributed by atoms with Crippen LogP contribution in [0.4, 0.5) is 14.5 Å². The fourth-order valence-electron chi connectivity index (χ4n) is 1.92. The van der Waals surface area contributed by atoms with E-state index in [2.05, 4.69) is 0 Å². The Morgan fingerprint density at radius 3 is 2.81 bits per heavy atom. The summed E-state index contributed by atoms with van der Waals surface area (Å²) in [5.74, 6) is -1.72. The molecule has 1 heterocycles. The third-order valence-electron chi connectivity index (χ3n) is 2.71. The maximum atomic E-state index is 13.5. The van der Waals surface area contributed by atoms with E-state index in [0.29, 0.717) is 6.42 Å². The van der Waals surface area contributed by atoms with E-state index in [-0.39, 0.29) is 24.6 Å². The van der Waals surface area contributed by atoms with Crippen LogP contribution in [0.25, 0.3) is 0 Å². The van der Waals surface area contributed by atoms with Crippen molar-refractivity contribution in [2.45, 2.75) is 18.9 Å². The van der Waals surface area contributed by atoms with Gasteiger partial charge in [0.25, 0.3) is 0 Å². The van der Waals surface area contributed by atoms with Crippen LogP contribution in [0.5, 0.6) is 0 Å². The maximum Gasteiger partial charge on any atom is 0.227 e. The van der Waals surface area contributed by atoms with Crippen LogP contribution in [0.2, 0.25) is 0 Å². The van der Waals surface area contributed by atoms with Gasteiger partial charge in [-0.1, -0.05) is 0 Å². The molecule has 0 aliphatic carbocycles. The van der Waals surface area contributed by atoms with Crippen LogP contribution >= 0.6 is 0 Å². The van der Waals surface area contributed by atoms with E-state index in [0.717, 1.165) is 12.1 Å². The van der Waals surface area contributed by atoms with Gasteiger partial charge in [-0.05, 0) is 18.6 Å². The van der Waals surface area contributed by atoms with Crippen LogP contribution in [0.3, 0.4) is 0 Å². The van der Waals surface area contributed by atoms with Gasteiger partial charge >= 0.3 is 0 Å². The zero-order chi connectivity index (χ0) is 11.7. The first-order chi connectivity index (χ1) is 7.63. The van der Waals surface area contributed by atoms with E-state index in [9.17, 15) is 13.6 Å². The lowest BCUT2D eigenvalue weighted by Crippen LogP contribution is -2.36. The SMILES string of the molecule is O=C1CCC(CO)N1c1ccc(F)cc1F. The van der Waals surface area contributed by atoms with Crippen molar-refractivity contribution in [1.82, 2.24) is 0 Å². The zero-order valence-electron chi connectivity index (χ0n) is 8.49. The van der Waals surface area contributed by atoms with Crippen molar-refractivity contribution in [3.05, 3.63) is 29.8 Å². The predicted molar refractivity (Wildman–Crippen MR) is 54.0 cm³/mol. The minimum atomic E-state index is -0.784. The molecule has 1 unspecified atom stereocenters. The van der Waals surface area contributed by atoms with E-state index in [4.69, 9.17) is 5.11 Å². The summed E-state index contributed by atoms with van der Waals surface area (Å²) in [6.45, 7) is -0.220. The van der Waals surface area contributed by atoms with Crippen molar-refractivity contribution in [2.24, 2.45) is 0 Å². The highest BCUT2D eigenvalue weighted by molar-refractivity contribution is 5.96. The molecule has 0 radical (unpaired) electrons. The summed E-state index contributed by atoms with van der Waals surface area (Å²) in [4.78, 5) is 12.7. The lowest BCUT2D eigenvalue weighted by atomic mass is 10.2. The van der Waals surface area contributed by atoms with E-state index >= 15 is 0 Å². The Bertz CT molecular complexity index is 422. The zero-order valence-corrected chi connectivity index (χ0v) is 8.49. The third-order valence-corrected chi connectivity index (χ3v) is 2.71. The summed E-state index contributed by atoms with van der Waals surface area (Å²) in [6, 6.07) is 2.64. The molecule has 1 atom stereocenters. The lowest BCUT2D eigenvalue weighted by Gasteiger charge is -2.23. The molecule has 1 aromatic carbocycles. The van der Waals surface area contributed by atoms with Crippen LogP contribution in [0.15, 0.2) is 18.2 Å². The number of anilines is 1. The molecular weight excluding hydrogens is 216 g/mol. The van der Waals surface area contributed by atoms with Gasteiger partial charge in [0.05, 0.1) is 18.3 Å². The van der Waals surface area contributed by atoms with Gasteiger partial charge in [0.2, 0.25) is 5.91 Å². The second kappa shape index (κ2) is 4.17. The largest absolute Gasteiger partial charge is 0.394 e. The van der Waals surface area contributed by atoms with E-state index in [1.807, 2.05) is 0 Å². The number of rotatable bonds is 2. The van der Waals surface area contributed by atoms with Crippen molar-refractivity contribution in [1.29, 1.82) is 0 Å². The van der Waals surface area contributed by atoms with Gasteiger partial charge < -0.3 is 10.0 Å². The summed E-state index contributed by atoms with van der Waals surface area (Å²) in [7, 11) is 0. The number of halogens is 2. The number of aliphatic hydroxyl groups excluding tert-OH is 1. The molecule has 1 N–H and O–H groups in total. The normalized spacial score (nSPS) is 20.6. The summed E-state index contributed by atoms with van der Waals surface area (Å²) in [5, 5.41) is 9.07. The van der Waals surface area contributed by atoms with Crippen molar-refractivity contribution in [3.8, 4) is 0 Å². The Labute approximate surface area is 91.3 Å². The number of hydrogen-bond acceptors (Lipinski definition) is 2. The summed E-state index contributed by atoms with van der Waals surface area (Å²) in [6.07, 6.45) is 0.772. The smallest absolute Gasteiger partial charge is 0.227 e. The van der Waals surface area contributed by atoms with Crippen molar-refractivity contribution >= 4 is 11.6 Å². The van der Waals surface area contributed by atoms with Gasteiger partial charge in [-0.25, -0.2) is 8.78 Å². The molecule has 0 bridgehead atoms. The minimum absolute atomic E-state index is 0.0305. The molecule has 1 aromatic rings. The van der Waals surface area contributed by atoms with Gasteiger partial charge in [0, 0.05) is 12.5 Å². The van der Waals surface area contributed by atoms with Crippen molar-refractivity contribution < 1.29 is 18.7 Å². The monoisotopic (exact) mass is 227 g/mol. The van der Waals surface area contributed by atoms with Gasteiger partial charge in [-0.15, -0.1) is 0 Å². The quantitative estimate of drug-likeness (QED) is 0.830. The van der Waals surface area contributed by atoms with Gasteiger partial charge in [0.1, 0.15) is 11.6 Å². The minimum Gasteiger partial charge on any atom is -0.394 e. The maximum absolute atomic E-state index is 13.5. The fourth-order valence-corrected chi connectivity index (χ4v) is 1.92. The molecule has 1 fully saturated rings.